The Morgan fingerprint density at radius 3 is 0.844 bits per heavy atom. The first kappa shape index (κ1) is 56.9. The summed E-state index contributed by atoms with van der Waals surface area (Å²) < 4.78 is 0. The van der Waals surface area contributed by atoms with Gasteiger partial charge in [-0.15, -0.1) is 0 Å². The van der Waals surface area contributed by atoms with Gasteiger partial charge in [-0.2, -0.15) is 5.26 Å². The lowest BCUT2D eigenvalue weighted by atomic mass is 9.84. The highest BCUT2D eigenvalue weighted by Gasteiger charge is 2.43. The zero-order chi connectivity index (χ0) is 61.3. The molecular formula is C84H66N4Si2. The van der Waals surface area contributed by atoms with Crippen LogP contribution in [0.1, 0.15) is 56.2 Å². The molecule has 14 rings (SSSR count). The third-order valence-corrected chi connectivity index (χ3v) is 28.1. The molecule has 6 heteroatoms. The minimum absolute atomic E-state index is 0.172. The molecule has 0 fully saturated rings. The molecule has 90 heavy (non-hydrogen) atoms. The molecule has 0 N–H and O–H groups in total. The first-order chi connectivity index (χ1) is 44.2. The van der Waals surface area contributed by atoms with Gasteiger partial charge in [-0.05, 0) is 159 Å². The molecule has 0 aliphatic rings. The Hall–Kier alpha value is -10.9. The summed E-state index contributed by atoms with van der Waals surface area (Å²) in [6, 6.07) is 118. The van der Waals surface area contributed by atoms with Crippen molar-refractivity contribution in [1.29, 1.82) is 5.26 Å². The lowest BCUT2D eigenvalue weighted by Gasteiger charge is -2.35. The first-order valence-corrected chi connectivity index (χ1v) is 35.1. The molecular weight excluding hydrogens is 1120 g/mol. The van der Waals surface area contributed by atoms with Crippen LogP contribution >= 0.6 is 0 Å². The van der Waals surface area contributed by atoms with Crippen molar-refractivity contribution in [2.45, 2.75) is 39.5 Å². The topological polar surface area (TPSA) is 34.6 Å². The molecule has 0 atom stereocenters. The molecule has 0 bridgehead atoms. The van der Waals surface area contributed by atoms with Gasteiger partial charge < -0.3 is 9.80 Å². The molecule has 0 heterocycles. The van der Waals surface area contributed by atoms with Crippen LogP contribution in [0.5, 0.6) is 0 Å². The van der Waals surface area contributed by atoms with E-state index in [1.807, 2.05) is 24.3 Å². The van der Waals surface area contributed by atoms with Crippen LogP contribution in [-0.2, 0) is 0 Å². The second kappa shape index (κ2) is 24.0. The molecule has 14 aromatic carbocycles. The molecule has 0 aromatic heterocycles. The van der Waals surface area contributed by atoms with Gasteiger partial charge in [0.1, 0.15) is 0 Å². The van der Waals surface area contributed by atoms with Gasteiger partial charge in [-0.3, -0.25) is 0 Å². The summed E-state index contributed by atoms with van der Waals surface area (Å²) in [6.45, 7) is 17.3. The average molecular weight is 1190 g/mol. The van der Waals surface area contributed by atoms with Crippen molar-refractivity contribution in [2.75, 3.05) is 9.80 Å². The van der Waals surface area contributed by atoms with Crippen molar-refractivity contribution in [3.8, 4) is 6.07 Å². The van der Waals surface area contributed by atoms with Crippen LogP contribution < -0.4 is 51.3 Å². The van der Waals surface area contributed by atoms with Gasteiger partial charge in [0.25, 0.3) is 0 Å². The highest BCUT2D eigenvalue weighted by molar-refractivity contribution is 7.20. The summed E-state index contributed by atoms with van der Waals surface area (Å²) >= 11 is 0. The Balaban J connectivity index is 1.00. The Labute approximate surface area is 530 Å². The summed E-state index contributed by atoms with van der Waals surface area (Å²) in [5.41, 5.74) is 9.83. The van der Waals surface area contributed by atoms with E-state index in [0.29, 0.717) is 11.3 Å². The highest BCUT2D eigenvalue weighted by atomic mass is 28.3. The normalized spacial score (nSPS) is 11.7. The lowest BCUT2D eigenvalue weighted by Crippen LogP contribution is -2.74. The minimum atomic E-state index is -2.85. The third kappa shape index (κ3) is 9.66. The van der Waals surface area contributed by atoms with Gasteiger partial charge in [-0.1, -0.05) is 270 Å². The average Bonchev–Trinajstić information content (AvgIpc) is 0.725. The fraction of sp³-hybridized carbons (Fsp3) is 0.0714. The number of rotatable bonds is 16. The summed E-state index contributed by atoms with van der Waals surface area (Å²) in [6.07, 6.45) is 0. The van der Waals surface area contributed by atoms with Gasteiger partial charge in [-0.25, -0.2) is 4.85 Å². The van der Waals surface area contributed by atoms with Crippen LogP contribution in [-0.4, -0.2) is 16.1 Å². The number of nitriles is 1. The zero-order valence-corrected chi connectivity index (χ0v) is 53.0. The van der Waals surface area contributed by atoms with Crippen molar-refractivity contribution in [2.24, 2.45) is 0 Å². The van der Waals surface area contributed by atoms with Crippen LogP contribution in [0.4, 0.5) is 39.8 Å². The number of anilines is 6. The molecule has 14 aromatic rings. The fourth-order valence-corrected chi connectivity index (χ4v) is 23.9. The van der Waals surface area contributed by atoms with Gasteiger partial charge in [0.2, 0.25) is 0 Å². The number of nitrogens with zero attached hydrogens (tertiary/aromatic N) is 4. The van der Waals surface area contributed by atoms with Crippen molar-refractivity contribution in [3.05, 3.63) is 344 Å². The van der Waals surface area contributed by atoms with E-state index in [4.69, 9.17) is 6.57 Å². The Morgan fingerprint density at radius 2 is 0.578 bits per heavy atom. The lowest BCUT2D eigenvalue weighted by molar-refractivity contribution is 0.875. The third-order valence-electron chi connectivity index (χ3n) is 18.5. The Morgan fingerprint density at radius 1 is 0.322 bits per heavy atom. The van der Waals surface area contributed by atoms with E-state index in [2.05, 4.69) is 340 Å². The largest absolute Gasteiger partial charge is 0.310 e. The van der Waals surface area contributed by atoms with E-state index in [-0.39, 0.29) is 11.8 Å². The van der Waals surface area contributed by atoms with Crippen LogP contribution in [0.15, 0.2) is 315 Å². The molecule has 0 saturated carbocycles. The highest BCUT2D eigenvalue weighted by Crippen LogP contribution is 2.51. The Kier molecular flexibility index (Phi) is 15.2. The smallest absolute Gasteiger partial charge is 0.187 e. The monoisotopic (exact) mass is 1190 g/mol. The quantitative estimate of drug-likeness (QED) is 0.0418. The van der Waals surface area contributed by atoms with Crippen LogP contribution in [0.2, 0.25) is 0 Å². The summed E-state index contributed by atoms with van der Waals surface area (Å²) in [5, 5.41) is 27.9. The minimum Gasteiger partial charge on any atom is -0.310 e. The van der Waals surface area contributed by atoms with Gasteiger partial charge in [0, 0.05) is 33.5 Å². The maximum Gasteiger partial charge on any atom is 0.187 e. The van der Waals surface area contributed by atoms with E-state index >= 15 is 0 Å². The molecule has 0 aliphatic heterocycles. The predicted molar refractivity (Wildman–Crippen MR) is 386 cm³/mol. The molecule has 0 radical (unpaired) electrons. The molecule has 0 spiro atoms. The van der Waals surface area contributed by atoms with E-state index in [1.54, 1.807) is 0 Å². The Bertz CT molecular complexity index is 4400. The summed E-state index contributed by atoms with van der Waals surface area (Å²) in [5.74, 6) is 0.346. The fourth-order valence-electron chi connectivity index (χ4n) is 14.4. The number of hydrogen-bond acceptors (Lipinski definition) is 3. The van der Waals surface area contributed by atoms with Crippen LogP contribution in [0, 0.1) is 17.9 Å². The second-order valence-electron chi connectivity index (χ2n) is 24.1. The van der Waals surface area contributed by atoms with Crippen molar-refractivity contribution in [3.63, 3.8) is 0 Å². The van der Waals surface area contributed by atoms with Crippen LogP contribution in [0.3, 0.4) is 0 Å². The van der Waals surface area contributed by atoms with Crippen molar-refractivity contribution in [1.82, 2.24) is 0 Å². The molecule has 4 nitrogen and oxygen atoms in total. The van der Waals surface area contributed by atoms with Gasteiger partial charge >= 0.3 is 0 Å². The van der Waals surface area contributed by atoms with Crippen LogP contribution in [0.25, 0.3) is 37.2 Å². The SMILES string of the molecule is [C-]#[N+]c1ccc(N(c2ccc([Si](c3ccccc3)(c3ccccc3)c3ccccc3)cc2)c2cc(C(C)C)c3ccc4c(N(c5ccc(C#N)cc5)c5ccc([Si](c6ccccc6)(c6ccccc6)c6ccccc6)cc5)cc(C(C)C)c5ccc2c3c54)cc1. The van der Waals surface area contributed by atoms with Gasteiger partial charge in [0.05, 0.1) is 29.6 Å². The maximum absolute atomic E-state index is 10.2. The van der Waals surface area contributed by atoms with E-state index in [9.17, 15) is 5.26 Å². The van der Waals surface area contributed by atoms with E-state index < -0.39 is 16.1 Å². The second-order valence-corrected chi connectivity index (χ2v) is 31.7. The van der Waals surface area contributed by atoms with Crippen molar-refractivity contribution >= 4 is 130 Å². The number of benzene rings is 14. The van der Waals surface area contributed by atoms with Crippen molar-refractivity contribution < 1.29 is 0 Å². The first-order valence-electron chi connectivity index (χ1n) is 31.1. The molecule has 0 amide bonds. The van der Waals surface area contributed by atoms with E-state index in [0.717, 1.165) is 44.9 Å². The standard InChI is InChI=1S/C84H66N4Si2/c1-59(2)79-56-81(87(63-40-36-61(58-85)37-41-63)65-44-48-73(49-45-65)89(67-24-12-6-13-25-67,68-26-14-7-15-27-68)69-28-16-8-17-29-69)77-54-52-76-80(60(3)4)57-82(78-55-53-75(79)83(77)84(76)78)88(64-42-38-62(86-5)39-43-64)66-46-50-74(51-47-66)90(70-30-18-9-19-31-70,71-32-20-10-21-33-71)72-34-22-11-23-35-72/h6-57,59-60H,1-4H3. The van der Waals surface area contributed by atoms with Gasteiger partial charge in [0.15, 0.2) is 21.8 Å². The summed E-state index contributed by atoms with van der Waals surface area (Å²) in [7, 11) is -5.69. The maximum atomic E-state index is 10.2. The molecule has 0 saturated heterocycles. The number of hydrogen-bond donors (Lipinski definition) is 0. The van der Waals surface area contributed by atoms with E-state index in [1.165, 1.54) is 74.2 Å². The molecule has 0 aliphatic carbocycles. The zero-order valence-electron chi connectivity index (χ0n) is 51.0. The predicted octanol–water partition coefficient (Wildman–Crippen LogP) is 16.9. The summed E-state index contributed by atoms with van der Waals surface area (Å²) in [4.78, 5) is 8.69. The molecule has 430 valence electrons. The molecule has 0 unspecified atom stereocenters.